The Hall–Kier alpha value is -1.34. The van der Waals surface area contributed by atoms with Crippen molar-refractivity contribution in [1.29, 1.82) is 0 Å². The third kappa shape index (κ3) is 1.57. The van der Waals surface area contributed by atoms with Crippen molar-refractivity contribution in [3.63, 3.8) is 0 Å². The Kier molecular flexibility index (Phi) is 1.92. The summed E-state index contributed by atoms with van der Waals surface area (Å²) in [7, 11) is -3.71. The maximum Gasteiger partial charge on any atom is 0.468 e. The first-order valence-electron chi connectivity index (χ1n) is 2.85. The van der Waals surface area contributed by atoms with Crippen LogP contribution >= 0.6 is 0 Å². The van der Waals surface area contributed by atoms with Crippen LogP contribution in [0.25, 0.3) is 4.25 Å². The van der Waals surface area contributed by atoms with Gasteiger partial charge in [-0.25, -0.2) is 6.57 Å². The first kappa shape index (κ1) is 7.76. The lowest BCUT2D eigenvalue weighted by Gasteiger charge is -1.87. The van der Waals surface area contributed by atoms with Crippen LogP contribution in [0.2, 0.25) is 0 Å². The Morgan fingerprint density at radius 2 is 1.73 bits per heavy atom. The monoisotopic (exact) mass is 167 g/mol. The van der Waals surface area contributed by atoms with E-state index in [1.165, 1.54) is 12.1 Å². The highest BCUT2D eigenvalue weighted by Gasteiger charge is 2.16. The van der Waals surface area contributed by atoms with Gasteiger partial charge in [0.25, 0.3) is 0 Å². The van der Waals surface area contributed by atoms with Crippen molar-refractivity contribution in [2.24, 2.45) is 0 Å². The molecular weight excluding hydrogens is 162 g/mol. The topological polar surface area (TPSA) is 38.5 Å². The highest BCUT2D eigenvalue weighted by Crippen LogP contribution is 2.09. The lowest BCUT2D eigenvalue weighted by atomic mass is 10.4. The molecule has 0 unspecified atom stereocenters. The molecule has 0 atom stereocenters. The van der Waals surface area contributed by atoms with Crippen molar-refractivity contribution >= 4 is 10.0 Å². The summed E-state index contributed by atoms with van der Waals surface area (Å²) in [6.45, 7) is 6.38. The van der Waals surface area contributed by atoms with E-state index in [1.807, 2.05) is 0 Å². The highest BCUT2D eigenvalue weighted by molar-refractivity contribution is 7.93. The third-order valence-electron chi connectivity index (χ3n) is 1.16. The fourth-order valence-electron chi connectivity index (χ4n) is 0.645. The third-order valence-corrected chi connectivity index (χ3v) is 2.27. The van der Waals surface area contributed by atoms with Gasteiger partial charge in [0.15, 0.2) is 0 Å². The molecule has 0 aromatic heterocycles. The Labute approximate surface area is 65.2 Å². The molecule has 0 saturated carbocycles. The lowest BCUT2D eigenvalue weighted by Crippen LogP contribution is -1.91. The summed E-state index contributed by atoms with van der Waals surface area (Å²) in [5.74, 6) is 0. The fraction of sp³-hybridized carbons (Fsp3) is 0. The molecule has 0 saturated heterocycles. The summed E-state index contributed by atoms with van der Waals surface area (Å²) < 4.78 is 24.2. The van der Waals surface area contributed by atoms with Crippen molar-refractivity contribution in [2.75, 3.05) is 0 Å². The highest BCUT2D eigenvalue weighted by atomic mass is 32.2. The van der Waals surface area contributed by atoms with Gasteiger partial charge in [0.1, 0.15) is 4.90 Å². The van der Waals surface area contributed by atoms with Gasteiger partial charge in [-0.3, -0.25) is 0 Å². The second-order valence-electron chi connectivity index (χ2n) is 1.88. The molecule has 11 heavy (non-hydrogen) atoms. The number of nitrogens with zero attached hydrogens (tertiary/aromatic N) is 1. The molecule has 0 N–H and O–H groups in total. The summed E-state index contributed by atoms with van der Waals surface area (Å²) in [5.41, 5.74) is 0. The van der Waals surface area contributed by atoms with Crippen LogP contribution in [0, 0.1) is 6.57 Å². The van der Waals surface area contributed by atoms with Gasteiger partial charge in [0.05, 0.1) is 0 Å². The van der Waals surface area contributed by atoms with Crippen molar-refractivity contribution < 1.29 is 8.42 Å². The number of benzene rings is 1. The van der Waals surface area contributed by atoms with Crippen LogP contribution in [0.1, 0.15) is 0 Å². The molecule has 0 bridgehead atoms. The molecule has 1 rings (SSSR count). The maximum atomic E-state index is 10.8. The predicted octanol–water partition coefficient (Wildman–Crippen LogP) is 1.29. The normalized spacial score (nSPS) is 10.5. The van der Waals surface area contributed by atoms with Crippen molar-refractivity contribution in [1.82, 2.24) is 0 Å². The van der Waals surface area contributed by atoms with Gasteiger partial charge in [-0.05, 0) is 12.1 Å². The zero-order valence-electron chi connectivity index (χ0n) is 5.56. The Balaban J connectivity index is 3.28. The van der Waals surface area contributed by atoms with E-state index in [1.54, 1.807) is 18.2 Å². The van der Waals surface area contributed by atoms with Gasteiger partial charge >= 0.3 is 10.0 Å². The molecule has 0 radical (unpaired) electrons. The van der Waals surface area contributed by atoms with Gasteiger partial charge < -0.3 is 0 Å². The molecule has 0 fully saturated rings. The van der Waals surface area contributed by atoms with Crippen LogP contribution in [-0.2, 0) is 10.0 Å². The number of rotatable bonds is 1. The molecular formula is C7H5NO2S. The molecule has 0 spiro atoms. The molecule has 0 aliphatic heterocycles. The van der Waals surface area contributed by atoms with E-state index in [4.69, 9.17) is 6.57 Å². The Morgan fingerprint density at radius 3 is 2.18 bits per heavy atom. The van der Waals surface area contributed by atoms with Crippen LogP contribution in [-0.4, -0.2) is 8.42 Å². The smallest absolute Gasteiger partial charge is 0.206 e. The Bertz CT molecular complexity index is 375. The van der Waals surface area contributed by atoms with Gasteiger partial charge in [-0.15, -0.1) is 8.42 Å². The quantitative estimate of drug-likeness (QED) is 0.591. The van der Waals surface area contributed by atoms with Crippen molar-refractivity contribution in [2.45, 2.75) is 4.90 Å². The molecule has 0 amide bonds. The van der Waals surface area contributed by atoms with Crippen LogP contribution in [0.4, 0.5) is 0 Å². The van der Waals surface area contributed by atoms with Gasteiger partial charge in [0, 0.05) is 0 Å². The molecule has 1 aromatic carbocycles. The SMILES string of the molecule is [C-]#[N+]S(=O)(=O)c1ccccc1. The minimum absolute atomic E-state index is 0.0509. The average Bonchev–Trinajstić information content (AvgIpc) is 2.06. The molecule has 4 heteroatoms. The number of hydrogen-bond acceptors (Lipinski definition) is 2. The zero-order chi connectivity index (χ0) is 8.32. The minimum Gasteiger partial charge on any atom is -0.206 e. The zero-order valence-corrected chi connectivity index (χ0v) is 6.38. The number of hydrogen-bond donors (Lipinski definition) is 0. The largest absolute Gasteiger partial charge is 0.468 e. The van der Waals surface area contributed by atoms with E-state index in [9.17, 15) is 8.42 Å². The van der Waals surface area contributed by atoms with Crippen LogP contribution < -0.4 is 0 Å². The molecule has 0 aliphatic carbocycles. The van der Waals surface area contributed by atoms with Crippen LogP contribution in [0.3, 0.4) is 0 Å². The first-order valence-corrected chi connectivity index (χ1v) is 4.29. The van der Waals surface area contributed by atoms with Gasteiger partial charge in [-0.2, -0.15) is 4.25 Å². The van der Waals surface area contributed by atoms with E-state index in [-0.39, 0.29) is 4.90 Å². The second kappa shape index (κ2) is 2.72. The van der Waals surface area contributed by atoms with E-state index < -0.39 is 10.0 Å². The molecule has 0 heterocycles. The second-order valence-corrected chi connectivity index (χ2v) is 3.48. The summed E-state index contributed by atoms with van der Waals surface area (Å²) in [6.07, 6.45) is 0. The minimum atomic E-state index is -3.71. The van der Waals surface area contributed by atoms with Crippen LogP contribution in [0.15, 0.2) is 35.2 Å². The standard InChI is InChI=1S/C7H5NO2S/c1-8-11(9,10)7-5-3-2-4-6-7/h2-6H. The van der Waals surface area contributed by atoms with E-state index in [0.29, 0.717) is 0 Å². The lowest BCUT2D eigenvalue weighted by molar-refractivity contribution is 0.604. The van der Waals surface area contributed by atoms with Crippen molar-refractivity contribution in [3.05, 3.63) is 41.2 Å². The van der Waals surface area contributed by atoms with E-state index in [0.717, 1.165) is 0 Å². The van der Waals surface area contributed by atoms with Crippen molar-refractivity contribution in [3.8, 4) is 0 Å². The summed E-state index contributed by atoms with van der Waals surface area (Å²) in [4.78, 5) is 0.0509. The van der Waals surface area contributed by atoms with Gasteiger partial charge in [0.2, 0.25) is 0 Å². The summed E-state index contributed by atoms with van der Waals surface area (Å²) >= 11 is 0. The van der Waals surface area contributed by atoms with Crippen LogP contribution in [0.5, 0.6) is 0 Å². The Morgan fingerprint density at radius 1 is 1.18 bits per heavy atom. The molecule has 3 nitrogen and oxygen atoms in total. The summed E-state index contributed by atoms with van der Waals surface area (Å²) in [5, 5.41) is 0. The summed E-state index contributed by atoms with van der Waals surface area (Å²) in [6, 6.07) is 7.65. The van der Waals surface area contributed by atoms with Gasteiger partial charge in [-0.1, -0.05) is 18.2 Å². The average molecular weight is 167 g/mol. The molecule has 56 valence electrons. The fourth-order valence-corrected chi connectivity index (χ4v) is 1.25. The first-order chi connectivity index (χ1) is 5.17. The van der Waals surface area contributed by atoms with E-state index >= 15 is 0 Å². The predicted molar refractivity (Wildman–Crippen MR) is 40.2 cm³/mol. The maximum absolute atomic E-state index is 10.8. The molecule has 1 aromatic rings. The number of sulfonamides is 1. The van der Waals surface area contributed by atoms with E-state index in [2.05, 4.69) is 4.25 Å². The molecule has 0 aliphatic rings.